The van der Waals surface area contributed by atoms with E-state index in [-0.39, 0.29) is 11.2 Å². The van der Waals surface area contributed by atoms with E-state index in [1.165, 1.54) is 11.8 Å². The van der Waals surface area contributed by atoms with Crippen molar-refractivity contribution in [1.29, 1.82) is 0 Å². The third kappa shape index (κ3) is 2.48. The molecule has 8 heteroatoms. The maximum atomic E-state index is 12.5. The summed E-state index contributed by atoms with van der Waals surface area (Å²) in [6.07, 6.45) is 7.08. The van der Waals surface area contributed by atoms with E-state index in [2.05, 4.69) is 20.5 Å². The topological polar surface area (TPSA) is 79.7 Å². The lowest BCUT2D eigenvalue weighted by Gasteiger charge is -2.30. The van der Waals surface area contributed by atoms with Crippen LogP contribution in [0.2, 0.25) is 0 Å². The van der Waals surface area contributed by atoms with Gasteiger partial charge in [-0.1, -0.05) is 11.8 Å². The van der Waals surface area contributed by atoms with Gasteiger partial charge in [0, 0.05) is 19.8 Å². The molecule has 0 aromatic carbocycles. The summed E-state index contributed by atoms with van der Waals surface area (Å²) < 4.78 is 1.71. The summed E-state index contributed by atoms with van der Waals surface area (Å²) in [6, 6.07) is 0. The number of amides is 1. The van der Waals surface area contributed by atoms with Gasteiger partial charge in [0.05, 0.1) is 23.3 Å². The van der Waals surface area contributed by atoms with Crippen LogP contribution in [0.4, 0.5) is 5.69 Å². The number of aromatic nitrogens is 5. The van der Waals surface area contributed by atoms with Gasteiger partial charge in [-0.05, 0) is 12.8 Å². The Labute approximate surface area is 114 Å². The number of hydrogen-bond donors (Lipinski definition) is 1. The van der Waals surface area contributed by atoms with Crippen molar-refractivity contribution < 1.29 is 4.79 Å². The largest absolute Gasteiger partial charge is 0.309 e. The van der Waals surface area contributed by atoms with Crippen LogP contribution in [-0.4, -0.2) is 42.9 Å². The molecule has 0 saturated carbocycles. The number of piperidine rings is 1. The summed E-state index contributed by atoms with van der Waals surface area (Å²) in [5, 5.41) is 15.1. The monoisotopic (exact) mass is 278 g/mol. The summed E-state index contributed by atoms with van der Waals surface area (Å²) in [6.45, 7) is 0.750. The first kappa shape index (κ1) is 12.2. The molecule has 2 aromatic rings. The molecule has 100 valence electrons. The third-order valence-electron chi connectivity index (χ3n) is 3.05. The zero-order valence-corrected chi connectivity index (χ0v) is 11.3. The number of H-pyrrole nitrogens is 1. The number of carbonyl (C=O) groups is 1. The molecule has 19 heavy (non-hydrogen) atoms. The van der Waals surface area contributed by atoms with Crippen molar-refractivity contribution in [2.45, 2.75) is 23.1 Å². The number of nitrogens with zero attached hydrogens (tertiary/aromatic N) is 5. The molecule has 1 aliphatic heterocycles. The highest BCUT2D eigenvalue weighted by molar-refractivity contribution is 8.00. The molecule has 1 saturated heterocycles. The molecule has 0 bridgehead atoms. The molecule has 1 unspecified atom stereocenters. The lowest BCUT2D eigenvalue weighted by atomic mass is 10.1. The Kier molecular flexibility index (Phi) is 3.24. The number of aryl methyl sites for hydroxylation is 1. The number of carbonyl (C=O) groups excluding carboxylic acids is 1. The zero-order chi connectivity index (χ0) is 13.2. The average Bonchev–Trinajstić information content (AvgIpc) is 3.03. The second kappa shape index (κ2) is 5.04. The molecule has 1 fully saturated rings. The van der Waals surface area contributed by atoms with Crippen molar-refractivity contribution in [3.63, 3.8) is 0 Å². The van der Waals surface area contributed by atoms with Crippen LogP contribution in [0.1, 0.15) is 12.8 Å². The molecular weight excluding hydrogens is 264 g/mol. The van der Waals surface area contributed by atoms with Crippen LogP contribution >= 0.6 is 11.8 Å². The highest BCUT2D eigenvalue weighted by Crippen LogP contribution is 2.30. The van der Waals surface area contributed by atoms with Gasteiger partial charge in [-0.3, -0.25) is 9.48 Å². The van der Waals surface area contributed by atoms with Crippen LogP contribution in [0.5, 0.6) is 0 Å². The fourth-order valence-electron chi connectivity index (χ4n) is 2.15. The Morgan fingerprint density at radius 2 is 2.37 bits per heavy atom. The predicted molar refractivity (Wildman–Crippen MR) is 70.8 cm³/mol. The normalized spacial score (nSPS) is 19.9. The number of rotatable bonds is 3. The maximum absolute atomic E-state index is 12.5. The van der Waals surface area contributed by atoms with Gasteiger partial charge in [0.15, 0.2) is 0 Å². The predicted octanol–water partition coefficient (Wildman–Crippen LogP) is 0.826. The first-order valence-corrected chi connectivity index (χ1v) is 6.94. The molecule has 0 aliphatic carbocycles. The summed E-state index contributed by atoms with van der Waals surface area (Å²) in [5.74, 6) is 0.118. The summed E-state index contributed by atoms with van der Waals surface area (Å²) in [7, 11) is 1.85. The van der Waals surface area contributed by atoms with E-state index in [0.29, 0.717) is 0 Å². The van der Waals surface area contributed by atoms with Crippen molar-refractivity contribution in [2.24, 2.45) is 7.05 Å². The van der Waals surface area contributed by atoms with Gasteiger partial charge in [0.2, 0.25) is 5.91 Å². The van der Waals surface area contributed by atoms with Gasteiger partial charge in [0.1, 0.15) is 5.03 Å². The quantitative estimate of drug-likeness (QED) is 0.899. The van der Waals surface area contributed by atoms with Crippen LogP contribution in [0.15, 0.2) is 23.6 Å². The zero-order valence-electron chi connectivity index (χ0n) is 10.5. The number of hydrogen-bond acceptors (Lipinski definition) is 5. The van der Waals surface area contributed by atoms with Gasteiger partial charge in [-0.2, -0.15) is 15.4 Å². The molecule has 3 rings (SSSR count). The Hall–Kier alpha value is -1.83. The molecule has 3 heterocycles. The highest BCUT2D eigenvalue weighted by atomic mass is 32.2. The number of thioether (sulfide) groups is 1. The Balaban J connectivity index is 1.75. The van der Waals surface area contributed by atoms with Crippen LogP contribution < -0.4 is 4.90 Å². The molecule has 1 atom stereocenters. The molecule has 1 aliphatic rings. The second-order valence-corrected chi connectivity index (χ2v) is 5.64. The average molecular weight is 278 g/mol. The standard InChI is InChI=1S/C11H14N6OS/c1-16-7-8(5-13-16)17-4-2-3-9(11(17)18)19-10-6-12-15-14-10/h5-7,9H,2-4H2,1H3,(H,12,14,15). The molecule has 0 radical (unpaired) electrons. The van der Waals surface area contributed by atoms with Crippen molar-refractivity contribution in [3.05, 3.63) is 18.6 Å². The van der Waals surface area contributed by atoms with Crippen molar-refractivity contribution in [1.82, 2.24) is 25.2 Å². The van der Waals surface area contributed by atoms with Crippen LogP contribution in [-0.2, 0) is 11.8 Å². The van der Waals surface area contributed by atoms with Crippen molar-refractivity contribution in [2.75, 3.05) is 11.4 Å². The molecule has 1 N–H and O–H groups in total. The molecule has 0 spiro atoms. The molecule has 1 amide bonds. The van der Waals surface area contributed by atoms with Crippen molar-refractivity contribution >= 4 is 23.4 Å². The Morgan fingerprint density at radius 1 is 1.47 bits per heavy atom. The van der Waals surface area contributed by atoms with Gasteiger partial charge < -0.3 is 4.90 Å². The smallest absolute Gasteiger partial charge is 0.240 e. The molecular formula is C11H14N6OS. The Bertz CT molecular complexity index is 566. The lowest BCUT2D eigenvalue weighted by Crippen LogP contribution is -2.42. The van der Waals surface area contributed by atoms with Gasteiger partial charge in [-0.15, -0.1) is 5.10 Å². The fraction of sp³-hybridized carbons (Fsp3) is 0.455. The van der Waals surface area contributed by atoms with Crippen LogP contribution in [0.3, 0.4) is 0 Å². The van der Waals surface area contributed by atoms with E-state index in [0.717, 1.165) is 30.1 Å². The third-order valence-corrected chi connectivity index (χ3v) is 4.21. The van der Waals surface area contributed by atoms with E-state index < -0.39 is 0 Å². The SMILES string of the molecule is Cn1cc(N2CCCC(Sc3cn[nH]n3)C2=O)cn1. The summed E-state index contributed by atoms with van der Waals surface area (Å²) in [5.41, 5.74) is 0.859. The van der Waals surface area contributed by atoms with Crippen molar-refractivity contribution in [3.8, 4) is 0 Å². The highest BCUT2D eigenvalue weighted by Gasteiger charge is 2.31. The minimum atomic E-state index is -0.0981. The first-order chi connectivity index (χ1) is 9.24. The van der Waals surface area contributed by atoms with E-state index in [4.69, 9.17) is 0 Å². The second-order valence-electron chi connectivity index (χ2n) is 4.42. The number of anilines is 1. The molecule has 7 nitrogen and oxygen atoms in total. The minimum absolute atomic E-state index is 0.0981. The number of aromatic amines is 1. The molecule has 2 aromatic heterocycles. The first-order valence-electron chi connectivity index (χ1n) is 6.06. The van der Waals surface area contributed by atoms with Crippen LogP contribution in [0.25, 0.3) is 0 Å². The minimum Gasteiger partial charge on any atom is -0.309 e. The van der Waals surface area contributed by atoms with Crippen LogP contribution in [0, 0.1) is 0 Å². The van der Waals surface area contributed by atoms with Gasteiger partial charge >= 0.3 is 0 Å². The van der Waals surface area contributed by atoms with Gasteiger partial charge in [-0.25, -0.2) is 0 Å². The maximum Gasteiger partial charge on any atom is 0.240 e. The Morgan fingerprint density at radius 3 is 3.05 bits per heavy atom. The van der Waals surface area contributed by atoms with E-state index in [1.807, 2.05) is 13.2 Å². The summed E-state index contributed by atoms with van der Waals surface area (Å²) >= 11 is 1.46. The van der Waals surface area contributed by atoms with E-state index in [9.17, 15) is 4.79 Å². The van der Waals surface area contributed by atoms with E-state index in [1.54, 1.807) is 22.0 Å². The summed E-state index contributed by atoms with van der Waals surface area (Å²) in [4.78, 5) is 14.3. The van der Waals surface area contributed by atoms with Gasteiger partial charge in [0.25, 0.3) is 0 Å². The van der Waals surface area contributed by atoms with E-state index >= 15 is 0 Å². The lowest BCUT2D eigenvalue weighted by molar-refractivity contribution is -0.119. The fourth-order valence-corrected chi connectivity index (χ4v) is 3.16. The number of nitrogens with one attached hydrogen (secondary N) is 1.